The van der Waals surface area contributed by atoms with Crippen molar-refractivity contribution in [2.75, 3.05) is 27.9 Å². The summed E-state index contributed by atoms with van der Waals surface area (Å²) in [6.45, 7) is 8.11. The second-order valence-corrected chi connectivity index (χ2v) is 8.06. The van der Waals surface area contributed by atoms with Crippen molar-refractivity contribution in [1.29, 1.82) is 0 Å². The minimum atomic E-state index is -0.185. The Morgan fingerprint density at radius 2 is 1.75 bits per heavy atom. The van der Waals surface area contributed by atoms with Crippen molar-refractivity contribution in [3.8, 4) is 17.2 Å². The molecule has 0 saturated carbocycles. The molecule has 2 aromatic rings. The van der Waals surface area contributed by atoms with Gasteiger partial charge in [0.2, 0.25) is 0 Å². The van der Waals surface area contributed by atoms with Gasteiger partial charge in [0, 0.05) is 43.6 Å². The summed E-state index contributed by atoms with van der Waals surface area (Å²) >= 11 is 0. The number of fused-ring (bicyclic) bond motifs is 1. The largest absolute Gasteiger partial charge is 0.496 e. The first-order chi connectivity index (χ1) is 13.3. The van der Waals surface area contributed by atoms with E-state index in [0.29, 0.717) is 30.3 Å². The molecular weight excluding hydrogens is 358 g/mol. The third-order valence-corrected chi connectivity index (χ3v) is 5.06. The number of H-pyrrole nitrogens is 1. The number of aromatic nitrogens is 2. The van der Waals surface area contributed by atoms with Crippen LogP contribution >= 0.6 is 0 Å². The van der Waals surface area contributed by atoms with Gasteiger partial charge < -0.3 is 19.2 Å². The molecule has 0 saturated heterocycles. The lowest BCUT2D eigenvalue weighted by atomic mass is 9.95. The topological polar surface area (TPSA) is 76.7 Å². The van der Waals surface area contributed by atoms with Gasteiger partial charge in [-0.1, -0.05) is 20.8 Å². The van der Waals surface area contributed by atoms with Gasteiger partial charge in [-0.15, -0.1) is 0 Å². The Labute approximate surface area is 165 Å². The van der Waals surface area contributed by atoms with Gasteiger partial charge in [0.25, 0.3) is 5.56 Å². The molecular formula is C21H29N3O4. The maximum atomic E-state index is 12.7. The zero-order valence-electron chi connectivity index (χ0n) is 17.5. The highest BCUT2D eigenvalue weighted by atomic mass is 16.5. The van der Waals surface area contributed by atoms with E-state index in [-0.39, 0.29) is 11.0 Å². The Morgan fingerprint density at radius 3 is 2.29 bits per heavy atom. The van der Waals surface area contributed by atoms with E-state index in [4.69, 9.17) is 19.2 Å². The van der Waals surface area contributed by atoms with Crippen LogP contribution in [0.2, 0.25) is 0 Å². The third-order valence-electron chi connectivity index (χ3n) is 5.06. The smallest absolute Gasteiger partial charge is 0.255 e. The van der Waals surface area contributed by atoms with Crippen molar-refractivity contribution < 1.29 is 14.2 Å². The van der Waals surface area contributed by atoms with Crippen LogP contribution in [0.4, 0.5) is 0 Å². The summed E-state index contributed by atoms with van der Waals surface area (Å²) in [4.78, 5) is 22.6. The summed E-state index contributed by atoms with van der Waals surface area (Å²) in [5.74, 6) is 2.83. The number of nitrogens with zero attached hydrogens (tertiary/aromatic N) is 2. The molecule has 1 aromatic heterocycles. The van der Waals surface area contributed by atoms with Gasteiger partial charge in [-0.05, 0) is 0 Å². The van der Waals surface area contributed by atoms with Gasteiger partial charge >= 0.3 is 0 Å². The average Bonchev–Trinajstić information content (AvgIpc) is 2.67. The van der Waals surface area contributed by atoms with Gasteiger partial charge in [0.1, 0.15) is 23.1 Å². The average molecular weight is 387 g/mol. The number of rotatable bonds is 5. The maximum Gasteiger partial charge on any atom is 0.255 e. The molecule has 0 aliphatic carbocycles. The Hall–Kier alpha value is -2.54. The van der Waals surface area contributed by atoms with Crippen molar-refractivity contribution in [3.63, 3.8) is 0 Å². The highest BCUT2D eigenvalue weighted by Gasteiger charge is 2.26. The first-order valence-corrected chi connectivity index (χ1v) is 9.40. The van der Waals surface area contributed by atoms with Crippen molar-refractivity contribution in [1.82, 2.24) is 14.9 Å². The van der Waals surface area contributed by atoms with Crippen LogP contribution in [0.3, 0.4) is 0 Å². The molecule has 2 heterocycles. The number of nitrogens with one attached hydrogen (secondary N) is 1. The molecule has 7 nitrogen and oxygen atoms in total. The fraction of sp³-hybridized carbons (Fsp3) is 0.524. The molecule has 1 aromatic carbocycles. The van der Waals surface area contributed by atoms with E-state index in [1.54, 1.807) is 21.3 Å². The number of hydrogen-bond acceptors (Lipinski definition) is 6. The number of methoxy groups -OCH3 is 3. The van der Waals surface area contributed by atoms with Crippen LogP contribution in [-0.4, -0.2) is 42.7 Å². The quantitative estimate of drug-likeness (QED) is 0.850. The molecule has 3 rings (SSSR count). The molecule has 0 atom stereocenters. The van der Waals surface area contributed by atoms with Crippen molar-refractivity contribution in [2.24, 2.45) is 0 Å². The molecule has 0 bridgehead atoms. The molecule has 0 spiro atoms. The summed E-state index contributed by atoms with van der Waals surface area (Å²) in [5, 5.41) is 0. The Balaban J connectivity index is 1.89. The minimum Gasteiger partial charge on any atom is -0.496 e. The summed E-state index contributed by atoms with van der Waals surface area (Å²) in [7, 11) is 4.87. The summed E-state index contributed by atoms with van der Waals surface area (Å²) in [6.07, 6.45) is 0.739. The van der Waals surface area contributed by atoms with Crippen LogP contribution in [0.5, 0.6) is 17.2 Å². The lowest BCUT2D eigenvalue weighted by Crippen LogP contribution is -2.37. The molecule has 28 heavy (non-hydrogen) atoms. The number of benzene rings is 1. The van der Waals surface area contributed by atoms with E-state index in [2.05, 4.69) is 30.7 Å². The van der Waals surface area contributed by atoms with Crippen LogP contribution in [0, 0.1) is 0 Å². The van der Waals surface area contributed by atoms with Gasteiger partial charge in [0.05, 0.1) is 38.2 Å². The van der Waals surface area contributed by atoms with Crippen molar-refractivity contribution in [3.05, 3.63) is 45.1 Å². The SMILES string of the molecule is COc1cc(OC)c(CN2CCc3nc(C(C)(C)C)[nH]c(=O)c3C2)c(OC)c1. The molecule has 152 valence electrons. The first kappa shape index (κ1) is 20.2. The monoisotopic (exact) mass is 387 g/mol. The van der Waals surface area contributed by atoms with Gasteiger partial charge in [-0.25, -0.2) is 4.98 Å². The fourth-order valence-electron chi connectivity index (χ4n) is 3.43. The van der Waals surface area contributed by atoms with Gasteiger partial charge in [0.15, 0.2) is 0 Å². The molecule has 0 fully saturated rings. The minimum absolute atomic E-state index is 0.0479. The Kier molecular flexibility index (Phi) is 5.65. The van der Waals surface area contributed by atoms with E-state index in [1.165, 1.54) is 0 Å². The van der Waals surface area contributed by atoms with E-state index < -0.39 is 0 Å². The van der Waals surface area contributed by atoms with E-state index >= 15 is 0 Å². The number of hydrogen-bond donors (Lipinski definition) is 1. The normalized spacial score (nSPS) is 14.5. The molecule has 1 N–H and O–H groups in total. The summed E-state index contributed by atoms with van der Waals surface area (Å²) in [5.41, 5.74) is 2.34. The molecule has 7 heteroatoms. The van der Waals surface area contributed by atoms with Crippen LogP contribution in [0.15, 0.2) is 16.9 Å². The fourth-order valence-corrected chi connectivity index (χ4v) is 3.43. The van der Waals surface area contributed by atoms with E-state index in [0.717, 1.165) is 35.6 Å². The number of ether oxygens (including phenoxy) is 3. The third kappa shape index (κ3) is 3.99. The van der Waals surface area contributed by atoms with E-state index in [9.17, 15) is 4.79 Å². The molecule has 1 aliphatic rings. The zero-order chi connectivity index (χ0) is 20.5. The van der Waals surface area contributed by atoms with Crippen LogP contribution in [0.1, 0.15) is 43.4 Å². The second-order valence-electron chi connectivity index (χ2n) is 8.06. The number of aromatic amines is 1. The lowest BCUT2D eigenvalue weighted by molar-refractivity contribution is 0.233. The van der Waals surface area contributed by atoms with Gasteiger partial charge in [-0.3, -0.25) is 9.69 Å². The first-order valence-electron chi connectivity index (χ1n) is 9.40. The van der Waals surface area contributed by atoms with Gasteiger partial charge in [-0.2, -0.15) is 0 Å². The van der Waals surface area contributed by atoms with Crippen molar-refractivity contribution in [2.45, 2.75) is 45.7 Å². The predicted molar refractivity (Wildman–Crippen MR) is 107 cm³/mol. The van der Waals surface area contributed by atoms with Crippen molar-refractivity contribution >= 4 is 0 Å². The highest BCUT2D eigenvalue weighted by Crippen LogP contribution is 2.35. The standard InChI is InChI=1S/C21H29N3O4/c1-21(2,3)20-22-16-7-8-24(11-14(16)19(25)23-20)12-15-17(27-5)9-13(26-4)10-18(15)28-6/h9-10H,7-8,11-12H2,1-6H3,(H,22,23,25). The predicted octanol–water partition coefficient (Wildman–Crippen LogP) is 2.65. The Morgan fingerprint density at radius 1 is 1.11 bits per heavy atom. The molecule has 0 radical (unpaired) electrons. The van der Waals surface area contributed by atoms with Crippen LogP contribution in [-0.2, 0) is 24.9 Å². The highest BCUT2D eigenvalue weighted by molar-refractivity contribution is 5.50. The lowest BCUT2D eigenvalue weighted by Gasteiger charge is -2.29. The van der Waals surface area contributed by atoms with E-state index in [1.807, 2.05) is 12.1 Å². The molecule has 1 aliphatic heterocycles. The zero-order valence-corrected chi connectivity index (χ0v) is 17.5. The maximum absolute atomic E-state index is 12.7. The summed E-state index contributed by atoms with van der Waals surface area (Å²) < 4.78 is 16.4. The molecule has 0 amide bonds. The second kappa shape index (κ2) is 7.83. The molecule has 0 unspecified atom stereocenters. The van der Waals surface area contributed by atoms with Crippen LogP contribution < -0.4 is 19.8 Å². The Bertz CT molecular complexity index is 890. The van der Waals surface area contributed by atoms with Crippen LogP contribution in [0.25, 0.3) is 0 Å². The summed E-state index contributed by atoms with van der Waals surface area (Å²) in [6, 6.07) is 3.69.